The molecule has 2 aromatic carbocycles. The second kappa shape index (κ2) is 10.9. The van der Waals surface area contributed by atoms with Crippen molar-refractivity contribution in [1.29, 1.82) is 0 Å². The predicted molar refractivity (Wildman–Crippen MR) is 152 cm³/mol. The third-order valence-corrected chi connectivity index (χ3v) is 8.25. The van der Waals surface area contributed by atoms with E-state index in [-0.39, 0.29) is 12.4 Å². The van der Waals surface area contributed by atoms with Crippen molar-refractivity contribution in [2.24, 2.45) is 0 Å². The van der Waals surface area contributed by atoms with Crippen LogP contribution in [0.5, 0.6) is 5.75 Å². The number of anilines is 2. The monoisotopic (exact) mass is 563 g/mol. The second-order valence-electron chi connectivity index (χ2n) is 9.65. The Morgan fingerprint density at radius 2 is 2.10 bits per heavy atom. The number of ether oxygens (including phenoxy) is 1. The molecule has 5 aromatic rings. The highest BCUT2D eigenvalue weighted by Crippen LogP contribution is 2.45. The fourth-order valence-electron chi connectivity index (χ4n) is 4.97. The van der Waals surface area contributed by atoms with E-state index in [1.807, 2.05) is 16.9 Å². The minimum absolute atomic E-state index is 0.216. The number of benzene rings is 2. The van der Waals surface area contributed by atoms with Crippen LogP contribution in [-0.4, -0.2) is 31.0 Å². The molecule has 0 fully saturated rings. The van der Waals surface area contributed by atoms with E-state index in [0.717, 1.165) is 69.1 Å². The van der Waals surface area contributed by atoms with Gasteiger partial charge in [0.25, 0.3) is 0 Å². The number of rotatable bonds is 9. The van der Waals surface area contributed by atoms with Crippen LogP contribution < -0.4 is 10.1 Å². The smallest absolute Gasteiger partial charge is 0.142 e. The Bertz CT molecular complexity index is 1650. The van der Waals surface area contributed by atoms with Crippen molar-refractivity contribution in [3.8, 4) is 16.2 Å². The van der Waals surface area contributed by atoms with Gasteiger partial charge in [-0.25, -0.2) is 14.4 Å². The lowest BCUT2D eigenvalue weighted by Gasteiger charge is -2.13. The first-order chi connectivity index (χ1) is 19.0. The maximum atomic E-state index is 13.5. The van der Waals surface area contributed by atoms with Crippen LogP contribution >= 0.6 is 22.9 Å². The van der Waals surface area contributed by atoms with Gasteiger partial charge in [-0.3, -0.25) is 4.68 Å². The van der Waals surface area contributed by atoms with Gasteiger partial charge in [0.05, 0.1) is 28.8 Å². The van der Waals surface area contributed by atoms with Gasteiger partial charge in [-0.2, -0.15) is 5.10 Å². The van der Waals surface area contributed by atoms with E-state index in [4.69, 9.17) is 21.4 Å². The van der Waals surface area contributed by atoms with Crippen molar-refractivity contribution < 1.29 is 14.2 Å². The number of hydrogen-bond acceptors (Lipinski definition) is 7. The van der Waals surface area contributed by atoms with E-state index in [2.05, 4.69) is 22.2 Å². The van der Waals surface area contributed by atoms with E-state index >= 15 is 0 Å². The Morgan fingerprint density at radius 1 is 1.21 bits per heavy atom. The molecule has 6 rings (SSSR count). The van der Waals surface area contributed by atoms with Gasteiger partial charge >= 0.3 is 0 Å². The van der Waals surface area contributed by atoms with Gasteiger partial charge in [-0.1, -0.05) is 37.1 Å². The maximum absolute atomic E-state index is 13.5. The second-order valence-corrected chi connectivity index (χ2v) is 11.1. The minimum atomic E-state index is -0.398. The van der Waals surface area contributed by atoms with Crippen molar-refractivity contribution >= 4 is 44.7 Å². The highest BCUT2D eigenvalue weighted by atomic mass is 35.5. The molecule has 3 aromatic heterocycles. The normalized spacial score (nSPS) is 13.2. The zero-order chi connectivity index (χ0) is 26.9. The summed E-state index contributed by atoms with van der Waals surface area (Å²) >= 11 is 8.16. The highest BCUT2D eigenvalue weighted by molar-refractivity contribution is 7.22. The lowest BCUT2D eigenvalue weighted by atomic mass is 9.95. The average molecular weight is 564 g/mol. The fraction of sp³-hybridized carbons (Fsp3) is 0.276. The van der Waals surface area contributed by atoms with Crippen LogP contribution in [0, 0.1) is 5.82 Å². The van der Waals surface area contributed by atoms with Crippen molar-refractivity contribution in [2.75, 3.05) is 5.32 Å². The van der Waals surface area contributed by atoms with E-state index < -0.39 is 6.10 Å². The molecule has 7 nitrogen and oxygen atoms in total. The summed E-state index contributed by atoms with van der Waals surface area (Å²) < 4.78 is 21.1. The Kier molecular flexibility index (Phi) is 7.20. The molecule has 0 spiro atoms. The molecule has 10 heteroatoms. The van der Waals surface area contributed by atoms with Crippen molar-refractivity contribution in [3.05, 3.63) is 82.6 Å². The number of aryl methyl sites for hydroxylation is 2. The third kappa shape index (κ3) is 5.34. The topological polar surface area (TPSA) is 85.1 Å². The average Bonchev–Trinajstić information content (AvgIpc) is 3.50. The van der Waals surface area contributed by atoms with Gasteiger partial charge in [0.2, 0.25) is 0 Å². The van der Waals surface area contributed by atoms with E-state index in [0.29, 0.717) is 17.3 Å². The number of nitrogens with zero attached hydrogens (tertiary/aromatic N) is 4. The summed E-state index contributed by atoms with van der Waals surface area (Å²) in [5.41, 5.74) is 4.87. The Hall–Kier alpha value is -3.53. The molecule has 1 aliphatic carbocycles. The summed E-state index contributed by atoms with van der Waals surface area (Å²) in [6, 6.07) is 11.8. The number of halogens is 2. The fourth-order valence-corrected chi connectivity index (χ4v) is 6.43. The third-order valence-electron chi connectivity index (χ3n) is 6.78. The number of thiophene rings is 1. The molecule has 0 aliphatic heterocycles. The first kappa shape index (κ1) is 25.7. The summed E-state index contributed by atoms with van der Waals surface area (Å²) in [6.45, 7) is 2.78. The summed E-state index contributed by atoms with van der Waals surface area (Å²) in [4.78, 5) is 11.2. The number of nitrogens with one attached hydrogen (secondary N) is 1. The molecule has 1 aliphatic rings. The molecular formula is C29H27ClFN5O2S. The quantitative estimate of drug-likeness (QED) is 0.202. The van der Waals surface area contributed by atoms with Crippen molar-refractivity contribution in [2.45, 2.75) is 51.9 Å². The lowest BCUT2D eigenvalue weighted by molar-refractivity contribution is 0.139. The molecule has 200 valence electrons. The van der Waals surface area contributed by atoms with Crippen LogP contribution in [0.25, 0.3) is 20.7 Å². The Balaban J connectivity index is 1.24. The minimum Gasteiger partial charge on any atom is -0.487 e. The van der Waals surface area contributed by atoms with Gasteiger partial charge in [0.1, 0.15) is 35.1 Å². The molecule has 3 heterocycles. The summed E-state index contributed by atoms with van der Waals surface area (Å²) in [7, 11) is 0. The van der Waals surface area contributed by atoms with Crippen molar-refractivity contribution in [3.63, 3.8) is 0 Å². The molecule has 1 atom stereocenters. The van der Waals surface area contributed by atoms with E-state index in [1.54, 1.807) is 41.9 Å². The predicted octanol–water partition coefficient (Wildman–Crippen LogP) is 6.93. The summed E-state index contributed by atoms with van der Waals surface area (Å²) in [6.07, 6.45) is 6.57. The van der Waals surface area contributed by atoms with Gasteiger partial charge in [-0.15, -0.1) is 11.3 Å². The molecule has 39 heavy (non-hydrogen) atoms. The van der Waals surface area contributed by atoms with Crippen molar-refractivity contribution in [1.82, 2.24) is 19.7 Å². The molecule has 0 saturated carbocycles. The standard InChI is InChI=1S/C29H27ClFN5O2S/c1-2-4-20(37)13-36-14-22-24(35-36)9-8-21-26-28(32-16-33-29(26)39-27(21)22)34-19-7-10-25(23(30)12-19)38-15-17-5-3-6-18(31)11-17/h3,5-7,10-12,14,16,20,37H,2,4,8-9,13,15H2,1H3,(H,32,33,34)/t20-/m1/s1. The molecule has 0 saturated heterocycles. The van der Waals surface area contributed by atoms with Gasteiger partial charge in [0, 0.05) is 22.3 Å². The first-order valence-electron chi connectivity index (χ1n) is 12.9. The first-order valence-corrected chi connectivity index (χ1v) is 14.1. The summed E-state index contributed by atoms with van der Waals surface area (Å²) in [5, 5.41) is 19.9. The number of aliphatic hydroxyl groups is 1. The highest BCUT2D eigenvalue weighted by Gasteiger charge is 2.26. The van der Waals surface area contributed by atoms with Gasteiger partial charge in [0.15, 0.2) is 0 Å². The number of fused-ring (bicyclic) bond motifs is 5. The molecule has 0 bridgehead atoms. The van der Waals surface area contributed by atoms with Gasteiger partial charge < -0.3 is 15.2 Å². The van der Waals surface area contributed by atoms with E-state index in [9.17, 15) is 9.50 Å². The van der Waals surface area contributed by atoms with Gasteiger partial charge in [-0.05, 0) is 60.7 Å². The maximum Gasteiger partial charge on any atom is 0.142 e. The zero-order valence-corrected chi connectivity index (χ0v) is 22.9. The van der Waals surface area contributed by atoms with E-state index in [1.165, 1.54) is 17.7 Å². The van der Waals surface area contributed by atoms with Crippen LogP contribution in [0.4, 0.5) is 15.9 Å². The Labute approximate surface area is 234 Å². The number of aromatic nitrogens is 4. The lowest BCUT2D eigenvalue weighted by Crippen LogP contribution is -2.16. The number of aliphatic hydroxyl groups excluding tert-OH is 1. The van der Waals surface area contributed by atoms with Crippen LogP contribution in [0.15, 0.2) is 55.0 Å². The Morgan fingerprint density at radius 3 is 2.92 bits per heavy atom. The molecule has 2 N–H and O–H groups in total. The number of hydrogen-bond donors (Lipinski definition) is 2. The summed E-state index contributed by atoms with van der Waals surface area (Å²) in [5.74, 6) is 0.932. The molecule has 0 amide bonds. The largest absolute Gasteiger partial charge is 0.487 e. The molecule has 0 radical (unpaired) electrons. The van der Waals surface area contributed by atoms with Crippen LogP contribution in [0.3, 0.4) is 0 Å². The molecule has 0 unspecified atom stereocenters. The van der Waals surface area contributed by atoms with Crippen LogP contribution in [0.1, 0.15) is 36.6 Å². The van der Waals surface area contributed by atoms with Crippen LogP contribution in [0.2, 0.25) is 5.02 Å². The molecular weight excluding hydrogens is 537 g/mol. The SMILES string of the molecule is CCC[C@@H](O)Cn1cc2c(n1)CCc1c-2sc2ncnc(Nc3ccc(OCc4cccc(F)c4)c(Cl)c3)c12. The zero-order valence-electron chi connectivity index (χ0n) is 21.3. The van der Waals surface area contributed by atoms with Crippen LogP contribution in [-0.2, 0) is 26.0 Å².